The number of aromatic nitrogens is 3. The first-order valence-electron chi connectivity index (χ1n) is 11.1. The molecule has 2 heterocycles. The van der Waals surface area contributed by atoms with E-state index in [1.54, 1.807) is 30.5 Å². The minimum absolute atomic E-state index is 0.0573. The van der Waals surface area contributed by atoms with Crippen LogP contribution in [0.15, 0.2) is 78.0 Å². The van der Waals surface area contributed by atoms with Crippen LogP contribution in [-0.2, 0) is 15.6 Å². The number of hydrogen-bond acceptors (Lipinski definition) is 6. The molecule has 1 aliphatic rings. The van der Waals surface area contributed by atoms with E-state index in [-0.39, 0.29) is 5.75 Å². The van der Waals surface area contributed by atoms with E-state index in [9.17, 15) is 13.5 Å². The highest BCUT2D eigenvalue weighted by Gasteiger charge is 2.29. The summed E-state index contributed by atoms with van der Waals surface area (Å²) in [5, 5.41) is 14.5. The van der Waals surface area contributed by atoms with Gasteiger partial charge in [0.15, 0.2) is 9.84 Å². The van der Waals surface area contributed by atoms with E-state index in [1.807, 2.05) is 47.2 Å². The zero-order valence-electron chi connectivity index (χ0n) is 18.2. The molecule has 33 heavy (non-hydrogen) atoms. The molecule has 4 aromatic rings. The third kappa shape index (κ3) is 4.49. The third-order valence-corrected chi connectivity index (χ3v) is 7.88. The van der Waals surface area contributed by atoms with Gasteiger partial charge in [-0.3, -0.25) is 0 Å². The van der Waals surface area contributed by atoms with Gasteiger partial charge in [-0.05, 0) is 55.5 Å². The zero-order chi connectivity index (χ0) is 22.9. The minimum Gasteiger partial charge on any atom is -0.371 e. The fraction of sp³-hybridized carbons (Fsp3) is 0.280. The van der Waals surface area contributed by atoms with Gasteiger partial charge < -0.3 is 15.0 Å². The average Bonchev–Trinajstić information content (AvgIpc) is 3.24. The summed E-state index contributed by atoms with van der Waals surface area (Å²) in [6.07, 6.45) is 7.82. The smallest absolute Gasteiger partial charge is 0.226 e. The second-order valence-corrected chi connectivity index (χ2v) is 10.5. The predicted octanol–water partition coefficient (Wildman–Crippen LogP) is 4.46. The number of nitrogens with zero attached hydrogens (tertiary/aromatic N) is 3. The molecule has 0 atom stereocenters. The summed E-state index contributed by atoms with van der Waals surface area (Å²) in [4.78, 5) is 9.17. The maximum Gasteiger partial charge on any atom is 0.226 e. The molecule has 170 valence electrons. The van der Waals surface area contributed by atoms with Gasteiger partial charge in [-0.15, -0.1) is 0 Å². The number of rotatable bonds is 6. The van der Waals surface area contributed by atoms with Crippen molar-refractivity contribution < 1.29 is 13.5 Å². The first-order valence-corrected chi connectivity index (χ1v) is 12.8. The molecule has 5 rings (SSSR count). The van der Waals surface area contributed by atoms with Gasteiger partial charge in [0.05, 0.1) is 16.2 Å². The summed E-state index contributed by atoms with van der Waals surface area (Å²) < 4.78 is 28.2. The maximum atomic E-state index is 13.2. The van der Waals surface area contributed by atoms with Crippen molar-refractivity contribution in [3.05, 3.63) is 78.6 Å². The van der Waals surface area contributed by atoms with Crippen LogP contribution in [0.3, 0.4) is 0 Å². The Morgan fingerprint density at radius 1 is 0.970 bits per heavy atom. The molecule has 2 N–H and O–H groups in total. The number of nitrogens with one attached hydrogen (secondary N) is 1. The minimum atomic E-state index is -3.54. The van der Waals surface area contributed by atoms with Crippen molar-refractivity contribution in [1.29, 1.82) is 0 Å². The fourth-order valence-corrected chi connectivity index (χ4v) is 6.08. The number of aliphatic hydroxyl groups is 1. The van der Waals surface area contributed by atoms with Gasteiger partial charge in [0.1, 0.15) is 11.5 Å². The molecule has 0 spiro atoms. The molecular weight excluding hydrogens is 436 g/mol. The van der Waals surface area contributed by atoms with E-state index < -0.39 is 15.6 Å². The van der Waals surface area contributed by atoms with Crippen LogP contribution in [0.4, 0.5) is 5.95 Å². The Balaban J connectivity index is 1.48. The fourth-order valence-electron chi connectivity index (χ4n) is 4.50. The second-order valence-electron chi connectivity index (χ2n) is 8.58. The lowest BCUT2D eigenvalue weighted by atomic mass is 9.92. The molecule has 2 aromatic heterocycles. The second kappa shape index (κ2) is 8.61. The molecule has 0 amide bonds. The lowest BCUT2D eigenvalue weighted by molar-refractivity contribution is 0.0309. The Morgan fingerprint density at radius 2 is 1.76 bits per heavy atom. The first kappa shape index (κ1) is 21.6. The normalized spacial score (nSPS) is 16.0. The van der Waals surface area contributed by atoms with Crippen LogP contribution in [-0.4, -0.2) is 33.8 Å². The molecule has 8 heteroatoms. The van der Waals surface area contributed by atoms with Crippen molar-refractivity contribution in [2.24, 2.45) is 0 Å². The van der Waals surface area contributed by atoms with Crippen LogP contribution in [0.2, 0.25) is 0 Å². The van der Waals surface area contributed by atoms with Crippen molar-refractivity contribution in [1.82, 2.24) is 14.5 Å². The van der Waals surface area contributed by atoms with Crippen LogP contribution in [0.1, 0.15) is 37.7 Å². The van der Waals surface area contributed by atoms with Gasteiger partial charge in [-0.25, -0.2) is 13.4 Å². The van der Waals surface area contributed by atoms with Gasteiger partial charge in [0.25, 0.3) is 0 Å². The maximum absolute atomic E-state index is 13.2. The van der Waals surface area contributed by atoms with Crippen molar-refractivity contribution >= 4 is 26.7 Å². The molecule has 0 unspecified atom stereocenters. The van der Waals surface area contributed by atoms with E-state index in [4.69, 9.17) is 0 Å². The van der Waals surface area contributed by atoms with Crippen LogP contribution < -0.4 is 5.32 Å². The third-order valence-electron chi connectivity index (χ3n) is 6.14. The number of anilines is 1. The van der Waals surface area contributed by atoms with E-state index in [1.165, 1.54) is 0 Å². The van der Waals surface area contributed by atoms with Crippen LogP contribution >= 0.6 is 0 Å². The Kier molecular flexibility index (Phi) is 5.64. The molecule has 1 aliphatic carbocycles. The summed E-state index contributed by atoms with van der Waals surface area (Å²) in [7, 11) is -3.54. The summed E-state index contributed by atoms with van der Waals surface area (Å²) in [6, 6.07) is 18.0. The quantitative estimate of drug-likeness (QED) is 0.411. The number of fused-ring (bicyclic) bond motifs is 1. The molecule has 0 radical (unpaired) electrons. The SMILES string of the molecule is O=S(=O)(Cc1ccccc1)c1cccc2c1ccn2-c1ccnc(NC2(O)CCCCC2)n1. The number of hydrogen-bond donors (Lipinski definition) is 2. The van der Waals surface area contributed by atoms with E-state index >= 15 is 0 Å². The highest BCUT2D eigenvalue weighted by Crippen LogP contribution is 2.30. The topological polar surface area (TPSA) is 97.1 Å². The molecule has 7 nitrogen and oxygen atoms in total. The Labute approximate surface area is 193 Å². The van der Waals surface area contributed by atoms with E-state index in [0.717, 1.165) is 30.3 Å². The Morgan fingerprint density at radius 3 is 2.55 bits per heavy atom. The molecule has 0 bridgehead atoms. The number of sulfone groups is 1. The van der Waals surface area contributed by atoms with Crippen molar-refractivity contribution in [2.75, 3.05) is 5.32 Å². The largest absolute Gasteiger partial charge is 0.371 e. The summed E-state index contributed by atoms with van der Waals surface area (Å²) >= 11 is 0. The number of benzene rings is 2. The molecular formula is C25H26N4O3S. The lowest BCUT2D eigenvalue weighted by Crippen LogP contribution is -2.40. The predicted molar refractivity (Wildman–Crippen MR) is 128 cm³/mol. The first-order chi connectivity index (χ1) is 15.9. The summed E-state index contributed by atoms with van der Waals surface area (Å²) in [6.45, 7) is 0. The Hall–Kier alpha value is -3.23. The lowest BCUT2D eigenvalue weighted by Gasteiger charge is -2.32. The van der Waals surface area contributed by atoms with Crippen LogP contribution in [0, 0.1) is 0 Å². The van der Waals surface area contributed by atoms with Crippen molar-refractivity contribution in [3.8, 4) is 5.82 Å². The summed E-state index contributed by atoms with van der Waals surface area (Å²) in [5.41, 5.74) is 0.500. The highest BCUT2D eigenvalue weighted by atomic mass is 32.2. The Bertz CT molecular complexity index is 1380. The molecule has 1 saturated carbocycles. The zero-order valence-corrected chi connectivity index (χ0v) is 19.0. The molecule has 0 aliphatic heterocycles. The monoisotopic (exact) mass is 462 g/mol. The van der Waals surface area contributed by atoms with Crippen LogP contribution in [0.5, 0.6) is 0 Å². The van der Waals surface area contributed by atoms with Gasteiger partial charge in [0, 0.05) is 17.8 Å². The average molecular weight is 463 g/mol. The van der Waals surface area contributed by atoms with Gasteiger partial charge in [-0.2, -0.15) is 4.98 Å². The van der Waals surface area contributed by atoms with E-state index in [2.05, 4.69) is 15.3 Å². The van der Waals surface area contributed by atoms with Gasteiger partial charge >= 0.3 is 0 Å². The molecule has 1 fully saturated rings. The van der Waals surface area contributed by atoms with Crippen LogP contribution in [0.25, 0.3) is 16.7 Å². The van der Waals surface area contributed by atoms with Crippen molar-refractivity contribution in [3.63, 3.8) is 0 Å². The van der Waals surface area contributed by atoms with Gasteiger partial charge in [-0.1, -0.05) is 42.8 Å². The summed E-state index contributed by atoms with van der Waals surface area (Å²) in [5.74, 6) is 0.893. The molecule has 0 saturated heterocycles. The van der Waals surface area contributed by atoms with Gasteiger partial charge in [0.2, 0.25) is 5.95 Å². The molecule has 2 aromatic carbocycles. The van der Waals surface area contributed by atoms with E-state index in [0.29, 0.717) is 34.9 Å². The highest BCUT2D eigenvalue weighted by molar-refractivity contribution is 7.90. The van der Waals surface area contributed by atoms with Crippen molar-refractivity contribution in [2.45, 2.75) is 48.5 Å². The standard InChI is InChI=1S/C25H26N4O3S/c30-25(14-5-2-6-15-25)28-24-26-16-12-23(27-24)29-17-13-20-21(29)10-7-11-22(20)33(31,32)18-19-8-3-1-4-9-19/h1,3-4,7-13,16-17,30H,2,5-6,14-15,18H2,(H,26,27,28).